The molecule has 4 heteroatoms. The monoisotopic (exact) mass is 363 g/mol. The Morgan fingerprint density at radius 3 is 1.63 bits per heavy atom. The fourth-order valence-corrected chi connectivity index (χ4v) is 3.33. The molecule has 0 saturated heterocycles. The Morgan fingerprint density at radius 1 is 0.593 bits per heavy atom. The van der Waals surface area contributed by atoms with E-state index in [9.17, 15) is 15.3 Å². The number of aliphatic hydroxyl groups is 2. The zero-order valence-corrected chi connectivity index (χ0v) is 15.3. The van der Waals surface area contributed by atoms with Crippen LogP contribution in [0.25, 0.3) is 0 Å². The zero-order valence-electron chi connectivity index (χ0n) is 15.3. The molecule has 0 aliphatic heterocycles. The van der Waals surface area contributed by atoms with E-state index < -0.39 is 0 Å². The molecule has 0 amide bonds. The van der Waals surface area contributed by atoms with E-state index in [4.69, 9.17) is 0 Å². The first-order chi connectivity index (χ1) is 13.2. The summed E-state index contributed by atoms with van der Waals surface area (Å²) in [6, 6.07) is 23.6. The topological polar surface area (TPSA) is 63.9 Å². The highest BCUT2D eigenvalue weighted by atomic mass is 16.3. The number of phenols is 1. The lowest BCUT2D eigenvalue weighted by atomic mass is 9.99. The molecule has 3 aromatic rings. The Kier molecular flexibility index (Phi) is 6.60. The third-order valence-corrected chi connectivity index (χ3v) is 4.71. The van der Waals surface area contributed by atoms with Gasteiger partial charge in [0, 0.05) is 25.2 Å². The molecule has 0 aliphatic carbocycles. The van der Waals surface area contributed by atoms with E-state index >= 15 is 0 Å². The molecule has 0 atom stereocenters. The summed E-state index contributed by atoms with van der Waals surface area (Å²) in [6.07, 6.45) is 0. The molecule has 27 heavy (non-hydrogen) atoms. The van der Waals surface area contributed by atoms with E-state index in [-0.39, 0.29) is 19.0 Å². The van der Waals surface area contributed by atoms with Crippen molar-refractivity contribution in [2.24, 2.45) is 0 Å². The van der Waals surface area contributed by atoms with Crippen LogP contribution in [0.3, 0.4) is 0 Å². The summed E-state index contributed by atoms with van der Waals surface area (Å²) in [5, 5.41) is 29.6. The first-order valence-electron chi connectivity index (χ1n) is 9.05. The van der Waals surface area contributed by atoms with Crippen LogP contribution in [0.4, 0.5) is 0 Å². The van der Waals surface area contributed by atoms with E-state index in [0.717, 1.165) is 24.2 Å². The molecule has 3 rings (SSSR count). The average molecular weight is 363 g/mol. The van der Waals surface area contributed by atoms with Gasteiger partial charge in [0.2, 0.25) is 0 Å². The van der Waals surface area contributed by atoms with Crippen LogP contribution in [-0.2, 0) is 32.8 Å². The Bertz CT molecular complexity index is 809. The molecule has 3 aromatic carbocycles. The van der Waals surface area contributed by atoms with Crippen molar-refractivity contribution in [3.63, 3.8) is 0 Å². The molecule has 0 unspecified atom stereocenters. The minimum Gasteiger partial charge on any atom is -0.508 e. The van der Waals surface area contributed by atoms with Crippen LogP contribution in [0, 0.1) is 0 Å². The average Bonchev–Trinajstić information content (AvgIpc) is 2.70. The number of aromatic hydroxyl groups is 1. The summed E-state index contributed by atoms with van der Waals surface area (Å²) in [5.41, 5.74) is 4.36. The molecule has 140 valence electrons. The van der Waals surface area contributed by atoms with Crippen molar-refractivity contribution < 1.29 is 15.3 Å². The first kappa shape index (κ1) is 19.1. The van der Waals surface area contributed by atoms with Crippen molar-refractivity contribution in [2.75, 3.05) is 0 Å². The van der Waals surface area contributed by atoms with E-state index in [0.29, 0.717) is 12.1 Å². The maximum atomic E-state index is 10.1. The molecule has 3 N–H and O–H groups in total. The molecule has 0 aromatic heterocycles. The molecule has 0 bridgehead atoms. The molecular weight excluding hydrogens is 338 g/mol. The molecule has 4 nitrogen and oxygen atoms in total. The fourth-order valence-electron chi connectivity index (χ4n) is 3.33. The second kappa shape index (κ2) is 9.33. The van der Waals surface area contributed by atoms with E-state index in [2.05, 4.69) is 29.2 Å². The Balaban J connectivity index is 1.92. The summed E-state index contributed by atoms with van der Waals surface area (Å²) >= 11 is 0. The van der Waals surface area contributed by atoms with Gasteiger partial charge in [-0.15, -0.1) is 0 Å². The van der Waals surface area contributed by atoms with Crippen LogP contribution < -0.4 is 0 Å². The third kappa shape index (κ3) is 4.95. The molecule has 0 saturated carbocycles. The van der Waals surface area contributed by atoms with Crippen molar-refractivity contribution in [2.45, 2.75) is 32.8 Å². The van der Waals surface area contributed by atoms with Crippen LogP contribution in [0.1, 0.15) is 27.8 Å². The van der Waals surface area contributed by atoms with Crippen molar-refractivity contribution in [1.82, 2.24) is 4.90 Å². The standard InChI is InChI=1S/C23H25NO3/c25-16-20-11-12-23(27)22(17-26)21(20)15-24(13-18-7-3-1-4-8-18)14-19-9-5-2-6-10-19/h1-12,25-27H,13-17H2. The SMILES string of the molecule is OCc1ccc(O)c(CO)c1CN(Cc1ccccc1)Cc1ccccc1. The highest BCUT2D eigenvalue weighted by Gasteiger charge is 2.16. The van der Waals surface area contributed by atoms with E-state index in [1.54, 1.807) is 6.07 Å². The van der Waals surface area contributed by atoms with Gasteiger partial charge >= 0.3 is 0 Å². The molecule has 0 fully saturated rings. The minimum atomic E-state index is -0.264. The minimum absolute atomic E-state index is 0.0593. The lowest BCUT2D eigenvalue weighted by molar-refractivity contribution is 0.231. The second-order valence-electron chi connectivity index (χ2n) is 6.63. The second-order valence-corrected chi connectivity index (χ2v) is 6.63. The van der Waals surface area contributed by atoms with Gasteiger partial charge in [0.1, 0.15) is 5.75 Å². The van der Waals surface area contributed by atoms with Gasteiger partial charge in [-0.3, -0.25) is 4.90 Å². The third-order valence-electron chi connectivity index (χ3n) is 4.71. The smallest absolute Gasteiger partial charge is 0.121 e. The maximum Gasteiger partial charge on any atom is 0.121 e. The Morgan fingerprint density at radius 2 is 1.15 bits per heavy atom. The Hall–Kier alpha value is -2.66. The van der Waals surface area contributed by atoms with Crippen LogP contribution in [0.15, 0.2) is 72.8 Å². The normalized spacial score (nSPS) is 11.1. The molecule has 0 spiro atoms. The number of rotatable bonds is 8. The van der Waals surface area contributed by atoms with Crippen LogP contribution in [0.2, 0.25) is 0 Å². The number of benzene rings is 3. The highest BCUT2D eigenvalue weighted by molar-refractivity contribution is 5.44. The van der Waals surface area contributed by atoms with Gasteiger partial charge in [0.15, 0.2) is 0 Å². The first-order valence-corrected chi connectivity index (χ1v) is 9.05. The number of hydrogen-bond acceptors (Lipinski definition) is 4. The Labute approximate surface area is 160 Å². The van der Waals surface area contributed by atoms with Gasteiger partial charge < -0.3 is 15.3 Å². The highest BCUT2D eigenvalue weighted by Crippen LogP contribution is 2.27. The molecular formula is C23H25NO3. The number of hydrogen-bond donors (Lipinski definition) is 3. The van der Waals surface area contributed by atoms with Crippen LogP contribution in [0.5, 0.6) is 5.75 Å². The van der Waals surface area contributed by atoms with Gasteiger partial charge in [-0.2, -0.15) is 0 Å². The lowest BCUT2D eigenvalue weighted by Crippen LogP contribution is -2.24. The van der Waals surface area contributed by atoms with Gasteiger partial charge in [-0.05, 0) is 28.3 Å². The largest absolute Gasteiger partial charge is 0.508 e. The van der Waals surface area contributed by atoms with Crippen molar-refractivity contribution in [1.29, 1.82) is 0 Å². The summed E-state index contributed by atoms with van der Waals surface area (Å²) < 4.78 is 0. The molecule has 0 radical (unpaired) electrons. The number of aliphatic hydroxyl groups excluding tert-OH is 2. The predicted octanol–water partition coefficient (Wildman–Crippen LogP) is 3.58. The van der Waals surface area contributed by atoms with Gasteiger partial charge in [-0.1, -0.05) is 66.7 Å². The van der Waals surface area contributed by atoms with Gasteiger partial charge in [0.05, 0.1) is 13.2 Å². The summed E-state index contributed by atoms with van der Waals surface area (Å²) in [7, 11) is 0. The van der Waals surface area contributed by atoms with E-state index in [1.807, 2.05) is 36.4 Å². The van der Waals surface area contributed by atoms with Crippen LogP contribution in [-0.4, -0.2) is 20.2 Å². The van der Waals surface area contributed by atoms with Gasteiger partial charge in [-0.25, -0.2) is 0 Å². The molecule has 0 heterocycles. The zero-order chi connectivity index (χ0) is 19.1. The van der Waals surface area contributed by atoms with Crippen molar-refractivity contribution in [3.05, 3.63) is 101 Å². The predicted molar refractivity (Wildman–Crippen MR) is 106 cm³/mol. The van der Waals surface area contributed by atoms with Crippen LogP contribution >= 0.6 is 0 Å². The molecule has 0 aliphatic rings. The van der Waals surface area contributed by atoms with Crippen molar-refractivity contribution in [3.8, 4) is 5.75 Å². The van der Waals surface area contributed by atoms with Crippen molar-refractivity contribution >= 4 is 0 Å². The quantitative estimate of drug-likeness (QED) is 0.572. The fraction of sp³-hybridized carbons (Fsp3) is 0.217. The number of nitrogens with zero attached hydrogens (tertiary/aromatic N) is 1. The summed E-state index contributed by atoms with van der Waals surface area (Å²) in [4.78, 5) is 2.25. The van der Waals surface area contributed by atoms with E-state index in [1.165, 1.54) is 17.2 Å². The summed E-state index contributed by atoms with van der Waals surface area (Å²) in [5.74, 6) is 0.0593. The maximum absolute atomic E-state index is 10.1. The summed E-state index contributed by atoms with van der Waals surface area (Å²) in [6.45, 7) is 1.57. The van der Waals surface area contributed by atoms with Gasteiger partial charge in [0.25, 0.3) is 0 Å². The lowest BCUT2D eigenvalue weighted by Gasteiger charge is -2.25.